The number of thioether (sulfide) groups is 1. The van der Waals surface area contributed by atoms with E-state index in [9.17, 15) is 4.79 Å². The molecule has 0 aliphatic carbocycles. The molecule has 1 amide bonds. The Bertz CT molecular complexity index is 886. The van der Waals surface area contributed by atoms with E-state index in [4.69, 9.17) is 4.74 Å². The van der Waals surface area contributed by atoms with Gasteiger partial charge in [0.2, 0.25) is 5.91 Å². The summed E-state index contributed by atoms with van der Waals surface area (Å²) in [6.45, 7) is 3.45. The number of pyridine rings is 1. The lowest BCUT2D eigenvalue weighted by Gasteiger charge is -2.14. The monoisotopic (exact) mass is 397 g/mol. The largest absolute Gasteiger partial charge is 0.383 e. The Morgan fingerprint density at radius 2 is 1.93 bits per heavy atom. The van der Waals surface area contributed by atoms with Gasteiger partial charge in [-0.05, 0) is 24.6 Å². The summed E-state index contributed by atoms with van der Waals surface area (Å²) in [5.41, 5.74) is 2.07. The third kappa shape index (κ3) is 5.17. The zero-order valence-electron chi connectivity index (χ0n) is 15.9. The Kier molecular flexibility index (Phi) is 7.16. The highest BCUT2D eigenvalue weighted by molar-refractivity contribution is 8.00. The maximum Gasteiger partial charge on any atom is 0.233 e. The molecule has 0 radical (unpaired) electrons. The van der Waals surface area contributed by atoms with Crippen molar-refractivity contribution in [1.82, 2.24) is 25.1 Å². The first-order valence-corrected chi connectivity index (χ1v) is 9.88. The van der Waals surface area contributed by atoms with Crippen LogP contribution in [0, 0.1) is 0 Å². The average molecular weight is 398 g/mol. The molecule has 3 aromatic rings. The number of ether oxygens (including phenoxy) is 1. The third-order valence-electron chi connectivity index (χ3n) is 4.10. The van der Waals surface area contributed by atoms with E-state index in [1.54, 1.807) is 19.5 Å². The fourth-order valence-electron chi connectivity index (χ4n) is 2.63. The number of amides is 1. The SMILES string of the molecule is COCCNC(=O)[C@@H](C)Sc1nnc(-c2ccncc2)n1Cc1ccccc1. The van der Waals surface area contributed by atoms with Crippen molar-refractivity contribution in [2.75, 3.05) is 20.3 Å². The van der Waals surface area contributed by atoms with Crippen molar-refractivity contribution >= 4 is 17.7 Å². The molecule has 8 heteroatoms. The minimum atomic E-state index is -0.305. The summed E-state index contributed by atoms with van der Waals surface area (Å²) >= 11 is 1.39. The van der Waals surface area contributed by atoms with Crippen molar-refractivity contribution < 1.29 is 9.53 Å². The van der Waals surface area contributed by atoms with Gasteiger partial charge in [0.25, 0.3) is 0 Å². The third-order valence-corrected chi connectivity index (χ3v) is 5.18. The van der Waals surface area contributed by atoms with E-state index in [-0.39, 0.29) is 11.2 Å². The molecule has 1 atom stereocenters. The van der Waals surface area contributed by atoms with Gasteiger partial charge < -0.3 is 10.1 Å². The quantitative estimate of drug-likeness (QED) is 0.442. The Morgan fingerprint density at radius 1 is 1.18 bits per heavy atom. The molecule has 0 aliphatic heterocycles. The molecule has 0 saturated heterocycles. The Morgan fingerprint density at radius 3 is 2.64 bits per heavy atom. The number of hydrogen-bond acceptors (Lipinski definition) is 6. The molecule has 146 valence electrons. The lowest BCUT2D eigenvalue weighted by Crippen LogP contribution is -2.33. The van der Waals surface area contributed by atoms with Crippen LogP contribution < -0.4 is 5.32 Å². The minimum Gasteiger partial charge on any atom is -0.383 e. The zero-order chi connectivity index (χ0) is 19.8. The molecule has 0 spiro atoms. The van der Waals surface area contributed by atoms with E-state index in [0.717, 1.165) is 17.0 Å². The first-order chi connectivity index (χ1) is 13.7. The second-order valence-electron chi connectivity index (χ2n) is 6.16. The number of benzene rings is 1. The number of hydrogen-bond donors (Lipinski definition) is 1. The van der Waals surface area contributed by atoms with Gasteiger partial charge in [-0.25, -0.2) is 0 Å². The Balaban J connectivity index is 1.84. The highest BCUT2D eigenvalue weighted by Crippen LogP contribution is 2.27. The Labute approximate surface area is 168 Å². The van der Waals surface area contributed by atoms with Crippen LogP contribution in [0.4, 0.5) is 0 Å². The maximum absolute atomic E-state index is 12.3. The molecule has 0 bridgehead atoms. The number of carbonyl (C=O) groups is 1. The van der Waals surface area contributed by atoms with Crippen LogP contribution in [-0.2, 0) is 16.1 Å². The summed E-state index contributed by atoms with van der Waals surface area (Å²) in [6.07, 6.45) is 3.46. The summed E-state index contributed by atoms with van der Waals surface area (Å²) in [4.78, 5) is 16.4. The summed E-state index contributed by atoms with van der Waals surface area (Å²) in [7, 11) is 1.61. The molecule has 2 aromatic heterocycles. The van der Waals surface area contributed by atoms with Gasteiger partial charge in [-0.15, -0.1) is 10.2 Å². The van der Waals surface area contributed by atoms with Crippen LogP contribution >= 0.6 is 11.8 Å². The molecular weight excluding hydrogens is 374 g/mol. The van der Waals surface area contributed by atoms with Crippen LogP contribution in [0.15, 0.2) is 60.0 Å². The molecule has 0 saturated carbocycles. The second-order valence-corrected chi connectivity index (χ2v) is 7.47. The number of nitrogens with zero attached hydrogens (tertiary/aromatic N) is 4. The van der Waals surface area contributed by atoms with Crippen molar-refractivity contribution in [2.24, 2.45) is 0 Å². The normalized spacial score (nSPS) is 11.9. The predicted molar refractivity (Wildman–Crippen MR) is 109 cm³/mol. The average Bonchev–Trinajstić information content (AvgIpc) is 3.11. The van der Waals surface area contributed by atoms with Crippen LogP contribution in [0.25, 0.3) is 11.4 Å². The van der Waals surface area contributed by atoms with Crippen molar-refractivity contribution in [3.05, 3.63) is 60.4 Å². The maximum atomic E-state index is 12.3. The number of nitrogens with one attached hydrogen (secondary N) is 1. The summed E-state index contributed by atoms with van der Waals surface area (Å²) in [6, 6.07) is 13.9. The molecule has 0 fully saturated rings. The first-order valence-electron chi connectivity index (χ1n) is 9.00. The van der Waals surface area contributed by atoms with E-state index in [1.807, 2.05) is 41.8 Å². The lowest BCUT2D eigenvalue weighted by molar-refractivity contribution is -0.120. The highest BCUT2D eigenvalue weighted by atomic mass is 32.2. The van der Waals surface area contributed by atoms with Crippen LogP contribution in [0.3, 0.4) is 0 Å². The van der Waals surface area contributed by atoms with E-state index < -0.39 is 0 Å². The van der Waals surface area contributed by atoms with Crippen LogP contribution in [0.1, 0.15) is 12.5 Å². The van der Waals surface area contributed by atoms with Gasteiger partial charge in [-0.1, -0.05) is 42.1 Å². The van der Waals surface area contributed by atoms with E-state index in [1.165, 1.54) is 11.8 Å². The topological polar surface area (TPSA) is 81.9 Å². The minimum absolute atomic E-state index is 0.0539. The van der Waals surface area contributed by atoms with Gasteiger partial charge in [-0.3, -0.25) is 14.3 Å². The molecule has 0 aliphatic rings. The molecule has 1 aromatic carbocycles. The number of rotatable bonds is 9. The van der Waals surface area contributed by atoms with Crippen LogP contribution in [0.5, 0.6) is 0 Å². The van der Waals surface area contributed by atoms with E-state index in [0.29, 0.717) is 24.9 Å². The van der Waals surface area contributed by atoms with Gasteiger partial charge in [-0.2, -0.15) is 0 Å². The molecule has 1 N–H and O–H groups in total. The van der Waals surface area contributed by atoms with Gasteiger partial charge in [0, 0.05) is 31.6 Å². The van der Waals surface area contributed by atoms with Crippen molar-refractivity contribution in [3.63, 3.8) is 0 Å². The molecular formula is C20H23N5O2S. The first kappa shape index (κ1) is 20.0. The number of aromatic nitrogens is 4. The fraction of sp³-hybridized carbons (Fsp3) is 0.300. The lowest BCUT2D eigenvalue weighted by atomic mass is 10.2. The van der Waals surface area contributed by atoms with Crippen molar-refractivity contribution in [2.45, 2.75) is 23.9 Å². The number of carbonyl (C=O) groups excluding carboxylic acids is 1. The van der Waals surface area contributed by atoms with Gasteiger partial charge in [0.05, 0.1) is 18.4 Å². The standard InChI is InChI=1S/C20H23N5O2S/c1-15(19(26)22-12-13-27-2)28-20-24-23-18(17-8-10-21-11-9-17)25(20)14-16-6-4-3-5-7-16/h3-11,15H,12-14H2,1-2H3,(H,22,26)/t15-/m1/s1. The Hall–Kier alpha value is -2.71. The van der Waals surface area contributed by atoms with Gasteiger partial charge >= 0.3 is 0 Å². The van der Waals surface area contributed by atoms with Crippen molar-refractivity contribution in [3.8, 4) is 11.4 Å². The van der Waals surface area contributed by atoms with Crippen molar-refractivity contribution in [1.29, 1.82) is 0 Å². The van der Waals surface area contributed by atoms with Gasteiger partial charge in [0.1, 0.15) is 0 Å². The summed E-state index contributed by atoms with van der Waals surface area (Å²) in [5.74, 6) is 0.697. The zero-order valence-corrected chi connectivity index (χ0v) is 16.7. The number of methoxy groups -OCH3 is 1. The van der Waals surface area contributed by atoms with E-state index >= 15 is 0 Å². The van der Waals surface area contributed by atoms with Crippen LogP contribution in [-0.4, -0.2) is 51.2 Å². The predicted octanol–water partition coefficient (Wildman–Crippen LogP) is 2.63. The molecule has 3 rings (SSSR count). The molecule has 7 nitrogen and oxygen atoms in total. The fourth-order valence-corrected chi connectivity index (χ4v) is 3.50. The van der Waals surface area contributed by atoms with Gasteiger partial charge in [0.15, 0.2) is 11.0 Å². The summed E-state index contributed by atoms with van der Waals surface area (Å²) < 4.78 is 7.01. The summed E-state index contributed by atoms with van der Waals surface area (Å²) in [5, 5.41) is 12.0. The molecule has 0 unspecified atom stereocenters. The highest BCUT2D eigenvalue weighted by Gasteiger charge is 2.21. The molecule has 28 heavy (non-hydrogen) atoms. The van der Waals surface area contributed by atoms with E-state index in [2.05, 4.69) is 32.6 Å². The van der Waals surface area contributed by atoms with Crippen LogP contribution in [0.2, 0.25) is 0 Å². The molecule has 2 heterocycles. The smallest absolute Gasteiger partial charge is 0.233 e. The second kappa shape index (κ2) is 10.0.